The molecule has 2 N–H and O–H groups in total. The molecular weight excluding hydrogens is 458 g/mol. The molecule has 2 aromatic heterocycles. The maximum atomic E-state index is 12.7. The van der Waals surface area contributed by atoms with Crippen LogP contribution in [0, 0.1) is 0 Å². The van der Waals surface area contributed by atoms with E-state index >= 15 is 0 Å². The summed E-state index contributed by atoms with van der Waals surface area (Å²) in [5, 5.41) is 14.2. The Labute approximate surface area is 199 Å². The van der Waals surface area contributed by atoms with Crippen LogP contribution in [-0.2, 0) is 11.2 Å². The third kappa shape index (κ3) is 4.77. The Bertz CT molecular complexity index is 1310. The van der Waals surface area contributed by atoms with E-state index in [9.17, 15) is 9.59 Å². The molecule has 0 bridgehead atoms. The number of benzene rings is 2. The van der Waals surface area contributed by atoms with E-state index in [1.807, 2.05) is 47.4 Å². The number of amides is 2. The van der Waals surface area contributed by atoms with Crippen LogP contribution in [0.4, 0.5) is 5.69 Å². The van der Waals surface area contributed by atoms with Gasteiger partial charge in [0.25, 0.3) is 5.91 Å². The van der Waals surface area contributed by atoms with Crippen LogP contribution < -0.4 is 5.32 Å². The van der Waals surface area contributed by atoms with Crippen molar-refractivity contribution in [2.45, 2.75) is 25.2 Å². The topological polar surface area (TPSA) is 91.0 Å². The Balaban J connectivity index is 1.17. The molecule has 33 heavy (non-hydrogen) atoms. The lowest BCUT2D eigenvalue weighted by atomic mass is 9.97. The number of hydrogen-bond donors (Lipinski definition) is 2. The number of carbonyl (C=O) groups is 2. The summed E-state index contributed by atoms with van der Waals surface area (Å²) in [6, 6.07) is 13.1. The highest BCUT2D eigenvalue weighted by Crippen LogP contribution is 2.31. The van der Waals surface area contributed by atoms with Gasteiger partial charge >= 0.3 is 0 Å². The van der Waals surface area contributed by atoms with Gasteiger partial charge in [-0.1, -0.05) is 29.8 Å². The van der Waals surface area contributed by atoms with E-state index in [0.29, 0.717) is 35.9 Å². The summed E-state index contributed by atoms with van der Waals surface area (Å²) < 4.78 is 0. The number of hydrogen-bond acceptors (Lipinski definition) is 5. The van der Waals surface area contributed by atoms with Crippen molar-refractivity contribution in [3.8, 4) is 0 Å². The minimum Gasteiger partial charge on any atom is -0.342 e. The first kappa shape index (κ1) is 21.6. The summed E-state index contributed by atoms with van der Waals surface area (Å²) in [5.41, 5.74) is 2.82. The van der Waals surface area contributed by atoms with Gasteiger partial charge in [0.2, 0.25) is 5.91 Å². The molecule has 5 rings (SSSR count). The van der Waals surface area contributed by atoms with Gasteiger partial charge in [0.1, 0.15) is 5.69 Å². The number of nitrogens with zero attached hydrogens (tertiary/aromatic N) is 3. The molecule has 168 valence electrons. The average molecular weight is 480 g/mol. The first-order chi connectivity index (χ1) is 16.1. The van der Waals surface area contributed by atoms with Gasteiger partial charge in [-0.3, -0.25) is 14.7 Å². The summed E-state index contributed by atoms with van der Waals surface area (Å²) in [7, 11) is 0. The molecule has 9 heteroatoms. The highest BCUT2D eigenvalue weighted by Gasteiger charge is 2.26. The van der Waals surface area contributed by atoms with Gasteiger partial charge in [0.15, 0.2) is 0 Å². The van der Waals surface area contributed by atoms with Crippen molar-refractivity contribution in [1.29, 1.82) is 0 Å². The number of anilines is 1. The molecule has 0 spiro atoms. The monoisotopic (exact) mass is 479 g/mol. The van der Waals surface area contributed by atoms with Crippen LogP contribution in [0.1, 0.15) is 39.8 Å². The van der Waals surface area contributed by atoms with Crippen LogP contribution >= 0.6 is 22.9 Å². The van der Waals surface area contributed by atoms with E-state index in [-0.39, 0.29) is 17.7 Å². The summed E-state index contributed by atoms with van der Waals surface area (Å²) in [6.07, 6.45) is 3.72. The van der Waals surface area contributed by atoms with E-state index in [1.165, 1.54) is 11.3 Å². The number of nitrogens with one attached hydrogen (secondary N) is 2. The number of H-pyrrole nitrogens is 1. The molecular formula is C24H22ClN5O2S. The molecule has 2 amide bonds. The normalized spacial score (nSPS) is 14.5. The fourth-order valence-electron chi connectivity index (χ4n) is 4.08. The predicted octanol–water partition coefficient (Wildman–Crippen LogP) is 4.87. The van der Waals surface area contributed by atoms with Gasteiger partial charge in [-0.25, -0.2) is 4.98 Å². The Morgan fingerprint density at radius 1 is 1.18 bits per heavy atom. The minimum atomic E-state index is -0.233. The summed E-state index contributed by atoms with van der Waals surface area (Å²) in [5.74, 6) is 0.112. The van der Waals surface area contributed by atoms with E-state index in [0.717, 1.165) is 34.3 Å². The lowest BCUT2D eigenvalue weighted by Crippen LogP contribution is -2.38. The van der Waals surface area contributed by atoms with Gasteiger partial charge in [-0.05, 0) is 42.7 Å². The highest BCUT2D eigenvalue weighted by molar-refractivity contribution is 7.10. The number of piperidine rings is 1. The van der Waals surface area contributed by atoms with E-state index in [2.05, 4.69) is 20.5 Å². The fourth-order valence-corrected chi connectivity index (χ4v) is 5.26. The minimum absolute atomic E-state index is 0.0926. The molecule has 0 unspecified atom stereocenters. The number of aromatic nitrogens is 3. The van der Waals surface area contributed by atoms with E-state index in [4.69, 9.17) is 11.6 Å². The number of likely N-dealkylation sites (tertiary alicyclic amines) is 1. The van der Waals surface area contributed by atoms with Crippen molar-refractivity contribution in [2.24, 2.45) is 0 Å². The molecule has 7 nitrogen and oxygen atoms in total. The van der Waals surface area contributed by atoms with Crippen molar-refractivity contribution in [3.63, 3.8) is 0 Å². The predicted molar refractivity (Wildman–Crippen MR) is 130 cm³/mol. The zero-order valence-electron chi connectivity index (χ0n) is 17.8. The third-order valence-corrected chi connectivity index (χ3v) is 7.33. The number of thiazole rings is 1. The molecule has 3 heterocycles. The Hall–Kier alpha value is -3.23. The van der Waals surface area contributed by atoms with Crippen LogP contribution in [0.15, 0.2) is 54.0 Å². The standard InChI is InChI=1S/C24H22ClN5O2S/c25-19-4-2-1-3-16(19)11-22(31)30-9-7-15(8-10-30)24-28-21(14-33-24)23(32)27-18-6-5-17-13-26-29-20(17)12-18/h1-6,12-15H,7-11H2,(H,26,29)(H,27,32). The largest absolute Gasteiger partial charge is 0.342 e. The number of halogens is 1. The Kier molecular flexibility index (Phi) is 6.11. The molecule has 4 aromatic rings. The quantitative estimate of drug-likeness (QED) is 0.427. The van der Waals surface area contributed by atoms with Gasteiger partial charge in [-0.15, -0.1) is 11.3 Å². The zero-order chi connectivity index (χ0) is 22.8. The lowest BCUT2D eigenvalue weighted by Gasteiger charge is -2.31. The summed E-state index contributed by atoms with van der Waals surface area (Å²) >= 11 is 7.70. The fraction of sp³-hybridized carbons (Fsp3) is 0.250. The van der Waals surface area contributed by atoms with Crippen molar-refractivity contribution in [3.05, 3.63) is 75.3 Å². The Morgan fingerprint density at radius 2 is 2.00 bits per heavy atom. The van der Waals surface area contributed by atoms with Gasteiger partial charge in [-0.2, -0.15) is 5.10 Å². The SMILES string of the molecule is O=C(Nc1ccc2cn[nH]c2c1)c1csc(C2CCN(C(=O)Cc3ccccc3Cl)CC2)n1. The van der Waals surface area contributed by atoms with E-state index < -0.39 is 0 Å². The summed E-state index contributed by atoms with van der Waals surface area (Å²) in [6.45, 7) is 1.36. The molecule has 1 saturated heterocycles. The van der Waals surface area contributed by atoms with Crippen LogP contribution in [0.2, 0.25) is 5.02 Å². The van der Waals surface area contributed by atoms with Crippen LogP contribution in [0.5, 0.6) is 0 Å². The van der Waals surface area contributed by atoms with Crippen molar-refractivity contribution < 1.29 is 9.59 Å². The van der Waals surface area contributed by atoms with Gasteiger partial charge < -0.3 is 10.2 Å². The molecule has 1 aliphatic rings. The van der Waals surface area contributed by atoms with Crippen molar-refractivity contribution in [1.82, 2.24) is 20.1 Å². The zero-order valence-corrected chi connectivity index (χ0v) is 19.3. The number of carbonyl (C=O) groups excluding carboxylic acids is 2. The van der Waals surface area contributed by atoms with Crippen LogP contribution in [-0.4, -0.2) is 45.0 Å². The van der Waals surface area contributed by atoms with Gasteiger partial charge in [0, 0.05) is 40.5 Å². The molecule has 1 fully saturated rings. The summed E-state index contributed by atoms with van der Waals surface area (Å²) in [4.78, 5) is 31.9. The molecule has 2 aromatic carbocycles. The van der Waals surface area contributed by atoms with Gasteiger partial charge in [0.05, 0.1) is 23.1 Å². The van der Waals surface area contributed by atoms with Crippen LogP contribution in [0.3, 0.4) is 0 Å². The molecule has 0 radical (unpaired) electrons. The number of aromatic amines is 1. The highest BCUT2D eigenvalue weighted by atomic mass is 35.5. The number of fused-ring (bicyclic) bond motifs is 1. The number of rotatable bonds is 5. The molecule has 0 aliphatic carbocycles. The van der Waals surface area contributed by atoms with Crippen molar-refractivity contribution >= 4 is 51.3 Å². The first-order valence-electron chi connectivity index (χ1n) is 10.8. The van der Waals surface area contributed by atoms with E-state index in [1.54, 1.807) is 11.6 Å². The smallest absolute Gasteiger partial charge is 0.275 e. The molecule has 0 saturated carbocycles. The Morgan fingerprint density at radius 3 is 2.82 bits per heavy atom. The second-order valence-electron chi connectivity index (χ2n) is 8.12. The molecule has 1 aliphatic heterocycles. The third-order valence-electron chi connectivity index (χ3n) is 5.95. The van der Waals surface area contributed by atoms with Crippen molar-refractivity contribution in [2.75, 3.05) is 18.4 Å². The maximum absolute atomic E-state index is 12.7. The second-order valence-corrected chi connectivity index (χ2v) is 9.42. The molecule has 0 atom stereocenters. The van der Waals surface area contributed by atoms with Crippen LogP contribution in [0.25, 0.3) is 10.9 Å². The lowest BCUT2D eigenvalue weighted by molar-refractivity contribution is -0.131. The average Bonchev–Trinajstić information content (AvgIpc) is 3.50. The first-order valence-corrected chi connectivity index (χ1v) is 12.0. The second kappa shape index (κ2) is 9.33. The maximum Gasteiger partial charge on any atom is 0.275 e.